The standard InChI is InChI=1S/C15H24/c1-11-8-9-15(11)10-12(2)13(3)14-6-4-5-7-14/h8,11-14H,4-7,10H2,1-3H3/t11?,12?,13-/m0/s1. The first-order valence-electron chi connectivity index (χ1n) is 6.64. The van der Waals surface area contributed by atoms with Crippen molar-refractivity contribution in [2.45, 2.75) is 52.9 Å². The highest BCUT2D eigenvalue weighted by Gasteiger charge is 2.27. The molecule has 0 N–H and O–H groups in total. The van der Waals surface area contributed by atoms with E-state index in [2.05, 4.69) is 32.6 Å². The predicted molar refractivity (Wildman–Crippen MR) is 65.7 cm³/mol. The fourth-order valence-corrected chi connectivity index (χ4v) is 3.09. The normalized spacial score (nSPS) is 29.8. The highest BCUT2D eigenvalue weighted by molar-refractivity contribution is 5.21. The van der Waals surface area contributed by atoms with Crippen LogP contribution in [0.3, 0.4) is 0 Å². The lowest BCUT2D eigenvalue weighted by atomic mass is 9.77. The van der Waals surface area contributed by atoms with E-state index < -0.39 is 0 Å². The molecule has 0 radical (unpaired) electrons. The van der Waals surface area contributed by atoms with Crippen LogP contribution in [0.4, 0.5) is 0 Å². The zero-order valence-corrected chi connectivity index (χ0v) is 10.4. The predicted octanol–water partition coefficient (Wildman–Crippen LogP) is 4.57. The summed E-state index contributed by atoms with van der Waals surface area (Å²) in [5.74, 6) is 3.49. The minimum Gasteiger partial charge on any atom is -0.125 e. The molecule has 0 amide bonds. The summed E-state index contributed by atoms with van der Waals surface area (Å²) < 4.78 is 0. The Kier molecular flexibility index (Phi) is 3.36. The Morgan fingerprint density at radius 2 is 2.00 bits per heavy atom. The third-order valence-electron chi connectivity index (χ3n) is 4.65. The fourth-order valence-electron chi connectivity index (χ4n) is 3.09. The first-order chi connectivity index (χ1) is 7.18. The molecule has 0 heterocycles. The maximum absolute atomic E-state index is 3.36. The first-order valence-corrected chi connectivity index (χ1v) is 6.64. The number of allylic oxidation sites excluding steroid dienone is 1. The molecule has 0 saturated heterocycles. The van der Waals surface area contributed by atoms with Crippen LogP contribution in [0.15, 0.2) is 17.4 Å². The topological polar surface area (TPSA) is 0 Å². The van der Waals surface area contributed by atoms with Crippen LogP contribution in [0.1, 0.15) is 52.9 Å². The van der Waals surface area contributed by atoms with Crippen LogP contribution >= 0.6 is 0 Å². The van der Waals surface area contributed by atoms with Crippen molar-refractivity contribution in [1.29, 1.82) is 0 Å². The summed E-state index contributed by atoms with van der Waals surface area (Å²) >= 11 is 0. The molecular formula is C15H24. The van der Waals surface area contributed by atoms with Gasteiger partial charge in [0, 0.05) is 5.92 Å². The van der Waals surface area contributed by atoms with Gasteiger partial charge in [-0.3, -0.25) is 0 Å². The fraction of sp³-hybridized carbons (Fsp3) is 0.800. The van der Waals surface area contributed by atoms with Crippen LogP contribution in [0.5, 0.6) is 0 Å². The van der Waals surface area contributed by atoms with Crippen LogP contribution in [-0.2, 0) is 0 Å². The number of rotatable bonds is 4. The Morgan fingerprint density at radius 3 is 2.47 bits per heavy atom. The lowest BCUT2D eigenvalue weighted by Gasteiger charge is -2.28. The van der Waals surface area contributed by atoms with E-state index in [1.165, 1.54) is 32.1 Å². The van der Waals surface area contributed by atoms with Crippen molar-refractivity contribution in [2.75, 3.05) is 0 Å². The summed E-state index contributed by atoms with van der Waals surface area (Å²) in [6.45, 7) is 7.19. The van der Waals surface area contributed by atoms with Gasteiger partial charge >= 0.3 is 0 Å². The van der Waals surface area contributed by atoms with Crippen molar-refractivity contribution < 1.29 is 0 Å². The zero-order valence-electron chi connectivity index (χ0n) is 10.4. The van der Waals surface area contributed by atoms with Gasteiger partial charge in [0.15, 0.2) is 0 Å². The van der Waals surface area contributed by atoms with E-state index in [1.54, 1.807) is 5.57 Å². The van der Waals surface area contributed by atoms with Gasteiger partial charge in [-0.25, -0.2) is 0 Å². The molecule has 0 aromatic heterocycles. The van der Waals surface area contributed by atoms with Gasteiger partial charge in [-0.1, -0.05) is 46.5 Å². The van der Waals surface area contributed by atoms with E-state index in [-0.39, 0.29) is 0 Å². The first kappa shape index (κ1) is 11.0. The van der Waals surface area contributed by atoms with Crippen molar-refractivity contribution in [2.24, 2.45) is 23.7 Å². The molecule has 0 heteroatoms. The van der Waals surface area contributed by atoms with E-state index >= 15 is 0 Å². The molecule has 2 unspecified atom stereocenters. The molecule has 2 aliphatic rings. The molecular weight excluding hydrogens is 180 g/mol. The van der Waals surface area contributed by atoms with Crippen LogP contribution in [0.2, 0.25) is 0 Å². The summed E-state index contributed by atoms with van der Waals surface area (Å²) in [7, 11) is 0. The molecule has 84 valence electrons. The Balaban J connectivity index is 1.84. The van der Waals surface area contributed by atoms with Crippen LogP contribution < -0.4 is 0 Å². The van der Waals surface area contributed by atoms with Gasteiger partial charge in [-0.15, -0.1) is 5.73 Å². The SMILES string of the molecule is CC1C=C=C1CC(C)[C@H](C)C1CCCC1. The van der Waals surface area contributed by atoms with Crippen LogP contribution in [-0.4, -0.2) is 0 Å². The van der Waals surface area contributed by atoms with Crippen LogP contribution in [0.25, 0.3) is 0 Å². The largest absolute Gasteiger partial charge is 0.125 e. The Morgan fingerprint density at radius 1 is 1.33 bits per heavy atom. The maximum atomic E-state index is 3.36. The Bertz CT molecular complexity index is 274. The molecule has 2 aliphatic carbocycles. The molecule has 0 spiro atoms. The molecule has 0 aliphatic heterocycles. The van der Waals surface area contributed by atoms with Gasteiger partial charge in [-0.2, -0.15) is 0 Å². The second-order valence-electron chi connectivity index (χ2n) is 5.71. The summed E-state index contributed by atoms with van der Waals surface area (Å²) in [5, 5.41) is 0. The van der Waals surface area contributed by atoms with Crippen molar-refractivity contribution >= 4 is 0 Å². The minimum atomic E-state index is 0.711. The van der Waals surface area contributed by atoms with Gasteiger partial charge in [-0.05, 0) is 35.8 Å². The smallest absolute Gasteiger partial charge is 0.0100 e. The summed E-state index contributed by atoms with van der Waals surface area (Å²) in [6.07, 6.45) is 9.39. The van der Waals surface area contributed by atoms with Crippen LogP contribution in [0, 0.1) is 23.7 Å². The Hall–Kier alpha value is -0.480. The van der Waals surface area contributed by atoms with E-state index in [1.807, 2.05) is 0 Å². The third kappa shape index (κ3) is 2.37. The summed E-state index contributed by atoms with van der Waals surface area (Å²) in [5.41, 5.74) is 4.93. The van der Waals surface area contributed by atoms with Crippen molar-refractivity contribution in [3.05, 3.63) is 17.4 Å². The molecule has 0 nitrogen and oxygen atoms in total. The minimum absolute atomic E-state index is 0.711. The number of hydrogen-bond donors (Lipinski definition) is 0. The average Bonchev–Trinajstić information content (AvgIpc) is 2.75. The second-order valence-corrected chi connectivity index (χ2v) is 5.71. The summed E-state index contributed by atoms with van der Waals surface area (Å²) in [4.78, 5) is 0. The number of hydrogen-bond acceptors (Lipinski definition) is 0. The molecule has 0 aromatic carbocycles. The van der Waals surface area contributed by atoms with Crippen molar-refractivity contribution in [3.63, 3.8) is 0 Å². The Labute approximate surface area is 94.5 Å². The van der Waals surface area contributed by atoms with Gasteiger partial charge in [0.05, 0.1) is 0 Å². The molecule has 1 saturated carbocycles. The average molecular weight is 204 g/mol. The van der Waals surface area contributed by atoms with E-state index in [9.17, 15) is 0 Å². The van der Waals surface area contributed by atoms with E-state index in [0.717, 1.165) is 17.8 Å². The van der Waals surface area contributed by atoms with Gasteiger partial charge in [0.1, 0.15) is 0 Å². The van der Waals surface area contributed by atoms with E-state index in [4.69, 9.17) is 0 Å². The van der Waals surface area contributed by atoms with Crippen molar-refractivity contribution in [1.82, 2.24) is 0 Å². The molecule has 1 fully saturated rings. The molecule has 0 aromatic rings. The molecule has 0 bridgehead atoms. The molecule has 2 rings (SSSR count). The van der Waals surface area contributed by atoms with Gasteiger partial charge in [0.25, 0.3) is 0 Å². The quantitative estimate of drug-likeness (QED) is 0.588. The third-order valence-corrected chi connectivity index (χ3v) is 4.65. The molecule has 3 atom stereocenters. The molecule has 15 heavy (non-hydrogen) atoms. The highest BCUT2D eigenvalue weighted by Crippen LogP contribution is 2.38. The lowest BCUT2D eigenvalue weighted by Crippen LogP contribution is -2.19. The zero-order chi connectivity index (χ0) is 10.8. The summed E-state index contributed by atoms with van der Waals surface area (Å²) in [6, 6.07) is 0. The lowest BCUT2D eigenvalue weighted by molar-refractivity contribution is 0.261. The maximum Gasteiger partial charge on any atom is 0.0100 e. The second kappa shape index (κ2) is 4.58. The van der Waals surface area contributed by atoms with E-state index in [0.29, 0.717) is 5.92 Å². The monoisotopic (exact) mass is 204 g/mol. The van der Waals surface area contributed by atoms with Gasteiger partial charge < -0.3 is 0 Å². The van der Waals surface area contributed by atoms with Gasteiger partial charge in [0.2, 0.25) is 0 Å². The van der Waals surface area contributed by atoms with Crippen molar-refractivity contribution in [3.8, 4) is 0 Å². The highest BCUT2D eigenvalue weighted by atomic mass is 14.3.